The smallest absolute Gasteiger partial charge is 0.109 e. The van der Waals surface area contributed by atoms with Gasteiger partial charge < -0.3 is 9.97 Å². The molecule has 0 bridgehead atoms. The standard InChI is InChI=1S/C30H28N4/c1-17(2)29-31-16-27(33-29)20-7-5-19(6-8-20)21-9-11-23-22(15-21)10-12-25-24(23)13-14-26-28(25)34-30(32-26)18(3)4/h5-18H,1-4H3,(H,31,33)(H,32,34). The molecule has 4 nitrogen and oxygen atoms in total. The summed E-state index contributed by atoms with van der Waals surface area (Å²) in [7, 11) is 0. The quantitative estimate of drug-likeness (QED) is 0.269. The van der Waals surface area contributed by atoms with E-state index in [1.165, 1.54) is 32.7 Å². The highest BCUT2D eigenvalue weighted by atomic mass is 14.9. The maximum atomic E-state index is 4.89. The number of rotatable bonds is 4. The molecule has 0 fully saturated rings. The number of benzene rings is 4. The van der Waals surface area contributed by atoms with Gasteiger partial charge in [0.1, 0.15) is 11.6 Å². The molecular weight excluding hydrogens is 416 g/mol. The van der Waals surface area contributed by atoms with Crippen molar-refractivity contribution in [2.75, 3.05) is 0 Å². The van der Waals surface area contributed by atoms with E-state index in [-0.39, 0.29) is 0 Å². The van der Waals surface area contributed by atoms with E-state index in [0.29, 0.717) is 11.8 Å². The van der Waals surface area contributed by atoms with Gasteiger partial charge in [0.2, 0.25) is 0 Å². The van der Waals surface area contributed by atoms with Crippen LogP contribution in [0.1, 0.15) is 51.2 Å². The first-order valence-corrected chi connectivity index (χ1v) is 12.0. The summed E-state index contributed by atoms with van der Waals surface area (Å²) >= 11 is 0. The summed E-state index contributed by atoms with van der Waals surface area (Å²) in [6.07, 6.45) is 1.92. The van der Waals surface area contributed by atoms with E-state index in [4.69, 9.17) is 4.98 Å². The SMILES string of the molecule is CC(C)c1ncc(-c2ccc(-c3ccc4c(ccc5c4ccc4[nH]c(C(C)C)nc45)c3)cc2)[nH]1. The molecule has 0 spiro atoms. The van der Waals surface area contributed by atoms with Crippen LogP contribution in [0.2, 0.25) is 0 Å². The monoisotopic (exact) mass is 444 g/mol. The Morgan fingerprint density at radius 2 is 1.29 bits per heavy atom. The molecule has 0 saturated carbocycles. The molecule has 6 aromatic rings. The van der Waals surface area contributed by atoms with Crippen LogP contribution in [0.15, 0.2) is 72.9 Å². The number of hydrogen-bond acceptors (Lipinski definition) is 2. The fraction of sp³-hybridized carbons (Fsp3) is 0.200. The third kappa shape index (κ3) is 3.38. The van der Waals surface area contributed by atoms with Gasteiger partial charge in [0, 0.05) is 17.2 Å². The van der Waals surface area contributed by atoms with Gasteiger partial charge in [-0.15, -0.1) is 0 Å². The molecule has 2 heterocycles. The lowest BCUT2D eigenvalue weighted by Gasteiger charge is -2.08. The molecule has 34 heavy (non-hydrogen) atoms. The van der Waals surface area contributed by atoms with E-state index >= 15 is 0 Å². The number of imidazole rings is 2. The summed E-state index contributed by atoms with van der Waals surface area (Å²) in [4.78, 5) is 16.3. The minimum absolute atomic E-state index is 0.377. The van der Waals surface area contributed by atoms with E-state index in [2.05, 4.69) is 109 Å². The Kier molecular flexibility index (Phi) is 4.77. The number of fused-ring (bicyclic) bond motifs is 5. The fourth-order valence-electron chi connectivity index (χ4n) is 4.71. The molecule has 4 heteroatoms. The Morgan fingerprint density at radius 1 is 0.618 bits per heavy atom. The second kappa shape index (κ2) is 7.84. The average Bonchev–Trinajstić information content (AvgIpc) is 3.51. The Balaban J connectivity index is 1.38. The normalized spacial score (nSPS) is 12.1. The van der Waals surface area contributed by atoms with Gasteiger partial charge in [-0.1, -0.05) is 82.3 Å². The van der Waals surface area contributed by atoms with Crippen LogP contribution in [-0.4, -0.2) is 19.9 Å². The molecule has 0 saturated heterocycles. The van der Waals surface area contributed by atoms with Crippen molar-refractivity contribution < 1.29 is 0 Å². The van der Waals surface area contributed by atoms with E-state index < -0.39 is 0 Å². The summed E-state index contributed by atoms with van der Waals surface area (Å²) in [5.74, 6) is 2.83. The number of aromatic amines is 2. The van der Waals surface area contributed by atoms with Gasteiger partial charge in [-0.05, 0) is 45.0 Å². The molecule has 6 rings (SSSR count). The summed E-state index contributed by atoms with van der Waals surface area (Å²) in [6.45, 7) is 8.63. The van der Waals surface area contributed by atoms with Crippen molar-refractivity contribution in [3.8, 4) is 22.4 Å². The van der Waals surface area contributed by atoms with Crippen molar-refractivity contribution in [1.29, 1.82) is 0 Å². The van der Waals surface area contributed by atoms with Gasteiger partial charge >= 0.3 is 0 Å². The zero-order chi connectivity index (χ0) is 23.4. The van der Waals surface area contributed by atoms with E-state index in [1.807, 2.05) is 6.20 Å². The van der Waals surface area contributed by atoms with Gasteiger partial charge in [0.15, 0.2) is 0 Å². The Bertz CT molecular complexity index is 1650. The minimum atomic E-state index is 0.377. The van der Waals surface area contributed by atoms with Crippen LogP contribution in [-0.2, 0) is 0 Å². The van der Waals surface area contributed by atoms with Gasteiger partial charge in [-0.2, -0.15) is 0 Å². The number of nitrogens with zero attached hydrogens (tertiary/aromatic N) is 2. The topological polar surface area (TPSA) is 57.4 Å². The van der Waals surface area contributed by atoms with Crippen LogP contribution in [0.5, 0.6) is 0 Å². The van der Waals surface area contributed by atoms with E-state index in [0.717, 1.165) is 33.9 Å². The van der Waals surface area contributed by atoms with Gasteiger partial charge in [0.25, 0.3) is 0 Å². The highest BCUT2D eigenvalue weighted by Gasteiger charge is 2.12. The molecule has 2 N–H and O–H groups in total. The van der Waals surface area contributed by atoms with Gasteiger partial charge in [-0.25, -0.2) is 9.97 Å². The number of nitrogens with one attached hydrogen (secondary N) is 2. The van der Waals surface area contributed by atoms with Crippen molar-refractivity contribution in [3.05, 3.63) is 84.6 Å². The van der Waals surface area contributed by atoms with E-state index in [1.54, 1.807) is 0 Å². The molecule has 0 amide bonds. The summed E-state index contributed by atoms with van der Waals surface area (Å²) in [6, 6.07) is 24.3. The first-order valence-electron chi connectivity index (χ1n) is 12.0. The van der Waals surface area contributed by atoms with Crippen molar-refractivity contribution in [2.45, 2.75) is 39.5 Å². The van der Waals surface area contributed by atoms with Crippen LogP contribution in [0.3, 0.4) is 0 Å². The molecule has 0 radical (unpaired) electrons. The van der Waals surface area contributed by atoms with Gasteiger partial charge in [0.05, 0.1) is 22.9 Å². The predicted octanol–water partition coefficient (Wildman–Crippen LogP) is 8.17. The Hall–Kier alpha value is -3.92. The second-order valence-electron chi connectivity index (χ2n) is 9.75. The highest BCUT2D eigenvalue weighted by Crippen LogP contribution is 2.34. The summed E-state index contributed by atoms with van der Waals surface area (Å²) in [5, 5.41) is 4.94. The first-order chi connectivity index (χ1) is 16.5. The molecule has 0 aliphatic rings. The molecule has 2 aromatic heterocycles. The van der Waals surface area contributed by atoms with Crippen LogP contribution in [0, 0.1) is 0 Å². The predicted molar refractivity (Wildman–Crippen MR) is 142 cm³/mol. The number of hydrogen-bond donors (Lipinski definition) is 2. The molecule has 0 aliphatic carbocycles. The lowest BCUT2D eigenvalue weighted by Crippen LogP contribution is -1.89. The molecule has 0 atom stereocenters. The molecule has 0 unspecified atom stereocenters. The highest BCUT2D eigenvalue weighted by molar-refractivity contribution is 6.16. The largest absolute Gasteiger partial charge is 0.342 e. The fourth-order valence-corrected chi connectivity index (χ4v) is 4.71. The van der Waals surface area contributed by atoms with Crippen LogP contribution in [0.25, 0.3) is 55.0 Å². The average molecular weight is 445 g/mol. The van der Waals surface area contributed by atoms with Crippen molar-refractivity contribution >= 4 is 32.6 Å². The Labute approximate surface area is 199 Å². The van der Waals surface area contributed by atoms with Crippen molar-refractivity contribution in [1.82, 2.24) is 19.9 Å². The lowest BCUT2D eigenvalue weighted by atomic mass is 9.96. The molecule has 4 aromatic carbocycles. The molecule has 0 aliphatic heterocycles. The maximum Gasteiger partial charge on any atom is 0.109 e. The second-order valence-corrected chi connectivity index (χ2v) is 9.75. The molecular formula is C30H28N4. The molecule has 168 valence electrons. The summed E-state index contributed by atoms with van der Waals surface area (Å²) < 4.78 is 0. The summed E-state index contributed by atoms with van der Waals surface area (Å²) in [5.41, 5.74) is 6.80. The minimum Gasteiger partial charge on any atom is -0.342 e. The van der Waals surface area contributed by atoms with Crippen LogP contribution < -0.4 is 0 Å². The zero-order valence-electron chi connectivity index (χ0n) is 20.0. The Morgan fingerprint density at radius 3 is 2.03 bits per heavy atom. The van der Waals surface area contributed by atoms with Gasteiger partial charge in [-0.3, -0.25) is 0 Å². The van der Waals surface area contributed by atoms with Crippen molar-refractivity contribution in [2.24, 2.45) is 0 Å². The lowest BCUT2D eigenvalue weighted by molar-refractivity contribution is 0.795. The number of aromatic nitrogens is 4. The zero-order valence-corrected chi connectivity index (χ0v) is 20.0. The number of H-pyrrole nitrogens is 2. The van der Waals surface area contributed by atoms with Crippen LogP contribution >= 0.6 is 0 Å². The van der Waals surface area contributed by atoms with E-state index in [9.17, 15) is 0 Å². The van der Waals surface area contributed by atoms with Crippen molar-refractivity contribution in [3.63, 3.8) is 0 Å². The third-order valence-electron chi connectivity index (χ3n) is 6.70. The maximum absolute atomic E-state index is 4.89. The third-order valence-corrected chi connectivity index (χ3v) is 6.70. The first kappa shape index (κ1) is 20.7. The van der Waals surface area contributed by atoms with Crippen LogP contribution in [0.4, 0.5) is 0 Å².